The molecule has 0 saturated heterocycles. The first-order valence-corrected chi connectivity index (χ1v) is 7.08. The zero-order valence-electron chi connectivity index (χ0n) is 9.43. The minimum absolute atomic E-state index is 0.377. The summed E-state index contributed by atoms with van der Waals surface area (Å²) >= 11 is 4.88. The van der Waals surface area contributed by atoms with E-state index < -0.39 is 6.10 Å². The topological polar surface area (TPSA) is 56.0 Å². The van der Waals surface area contributed by atoms with E-state index in [1.807, 2.05) is 35.0 Å². The fraction of sp³-hybridized carbons (Fsp3) is 0.154. The quantitative estimate of drug-likeness (QED) is 0.905. The average Bonchev–Trinajstić information content (AvgIpc) is 2.90. The third-order valence-electron chi connectivity index (χ3n) is 2.54. The number of nitrogens with one attached hydrogen (secondary N) is 1. The third kappa shape index (κ3) is 2.91. The zero-order chi connectivity index (χ0) is 13.0. The number of nitriles is 1. The van der Waals surface area contributed by atoms with Crippen LogP contribution in [0, 0.1) is 11.3 Å². The number of thiophene rings is 1. The molecule has 1 aromatic heterocycles. The second kappa shape index (κ2) is 6.01. The van der Waals surface area contributed by atoms with E-state index in [0.29, 0.717) is 12.1 Å². The summed E-state index contributed by atoms with van der Waals surface area (Å²) in [5, 5.41) is 26.0. The lowest BCUT2D eigenvalue weighted by molar-refractivity contribution is 0.192. The highest BCUT2D eigenvalue weighted by atomic mass is 79.9. The standard InChI is InChI=1S/C13H11BrN2OS/c14-11-2-1-3-12(10(11)6-15)16-7-13(17)9-4-5-18-8-9/h1-5,8,13,16-17H,7H2. The molecule has 0 amide bonds. The molecule has 1 aromatic carbocycles. The molecule has 0 aliphatic rings. The molecule has 0 bridgehead atoms. The van der Waals surface area contributed by atoms with Crippen LogP contribution in [0.5, 0.6) is 0 Å². The molecule has 0 radical (unpaired) electrons. The Labute approximate surface area is 118 Å². The first-order chi connectivity index (χ1) is 8.72. The van der Waals surface area contributed by atoms with Gasteiger partial charge in [-0.25, -0.2) is 0 Å². The summed E-state index contributed by atoms with van der Waals surface area (Å²) < 4.78 is 0.750. The highest BCUT2D eigenvalue weighted by Crippen LogP contribution is 2.24. The Bertz CT molecular complexity index is 563. The van der Waals surface area contributed by atoms with E-state index in [1.165, 1.54) is 0 Å². The summed E-state index contributed by atoms with van der Waals surface area (Å²) in [4.78, 5) is 0. The van der Waals surface area contributed by atoms with Crippen molar-refractivity contribution in [3.8, 4) is 6.07 Å². The molecule has 3 nitrogen and oxygen atoms in total. The van der Waals surface area contributed by atoms with Gasteiger partial charge in [-0.3, -0.25) is 0 Å². The molecule has 0 aliphatic heterocycles. The predicted octanol–water partition coefficient (Wildman–Crippen LogP) is 3.53. The van der Waals surface area contributed by atoms with Crippen molar-refractivity contribution in [2.45, 2.75) is 6.10 Å². The molecule has 92 valence electrons. The molecular weight excluding hydrogens is 312 g/mol. The highest BCUT2D eigenvalue weighted by Gasteiger charge is 2.10. The Morgan fingerprint density at radius 1 is 1.44 bits per heavy atom. The minimum Gasteiger partial charge on any atom is -0.387 e. The van der Waals surface area contributed by atoms with Crippen LogP contribution in [0.1, 0.15) is 17.2 Å². The Morgan fingerprint density at radius 3 is 2.94 bits per heavy atom. The number of aliphatic hydroxyl groups excluding tert-OH is 1. The summed E-state index contributed by atoms with van der Waals surface area (Å²) in [5.41, 5.74) is 2.16. The normalized spacial score (nSPS) is 11.8. The second-order valence-electron chi connectivity index (χ2n) is 3.73. The van der Waals surface area contributed by atoms with E-state index in [9.17, 15) is 5.11 Å². The molecule has 5 heteroatoms. The van der Waals surface area contributed by atoms with Crippen molar-refractivity contribution in [1.29, 1.82) is 5.26 Å². The van der Waals surface area contributed by atoms with E-state index in [1.54, 1.807) is 11.3 Å². The lowest BCUT2D eigenvalue weighted by Gasteiger charge is -2.13. The first kappa shape index (κ1) is 13.1. The van der Waals surface area contributed by atoms with Gasteiger partial charge in [0.25, 0.3) is 0 Å². The van der Waals surface area contributed by atoms with Gasteiger partial charge in [0.15, 0.2) is 0 Å². The molecule has 2 N–H and O–H groups in total. The van der Waals surface area contributed by atoms with Crippen LogP contribution >= 0.6 is 27.3 Å². The SMILES string of the molecule is N#Cc1c(Br)cccc1NCC(O)c1ccsc1. The fourth-order valence-corrected chi connectivity index (χ4v) is 2.74. The number of benzene rings is 1. The molecule has 2 rings (SSSR count). The van der Waals surface area contributed by atoms with Gasteiger partial charge < -0.3 is 10.4 Å². The maximum atomic E-state index is 9.95. The summed E-state index contributed by atoms with van der Waals surface area (Å²) in [5.74, 6) is 0. The van der Waals surface area contributed by atoms with Gasteiger partial charge in [0, 0.05) is 11.0 Å². The number of halogens is 1. The number of hydrogen-bond acceptors (Lipinski definition) is 4. The van der Waals surface area contributed by atoms with Crippen LogP contribution in [0.4, 0.5) is 5.69 Å². The van der Waals surface area contributed by atoms with E-state index in [0.717, 1.165) is 15.7 Å². The molecule has 0 aliphatic carbocycles. The maximum Gasteiger partial charge on any atom is 0.103 e. The number of anilines is 1. The third-order valence-corrected chi connectivity index (χ3v) is 3.90. The molecule has 0 saturated carbocycles. The van der Waals surface area contributed by atoms with Crippen molar-refractivity contribution in [2.24, 2.45) is 0 Å². The smallest absolute Gasteiger partial charge is 0.103 e. The number of rotatable bonds is 4. The van der Waals surface area contributed by atoms with Crippen LogP contribution in [0.15, 0.2) is 39.5 Å². The van der Waals surface area contributed by atoms with Crippen LogP contribution in [0.25, 0.3) is 0 Å². The maximum absolute atomic E-state index is 9.95. The van der Waals surface area contributed by atoms with Crippen molar-refractivity contribution in [1.82, 2.24) is 0 Å². The van der Waals surface area contributed by atoms with Gasteiger partial charge in [-0.05, 0) is 50.5 Å². The minimum atomic E-state index is -0.568. The molecule has 1 atom stereocenters. The predicted molar refractivity (Wildman–Crippen MR) is 76.6 cm³/mol. The highest BCUT2D eigenvalue weighted by molar-refractivity contribution is 9.10. The van der Waals surface area contributed by atoms with E-state index in [4.69, 9.17) is 5.26 Å². The van der Waals surface area contributed by atoms with Gasteiger partial charge in [-0.1, -0.05) is 6.07 Å². The number of hydrogen-bond donors (Lipinski definition) is 2. The Balaban J connectivity index is 2.07. The Hall–Kier alpha value is -1.35. The summed E-state index contributed by atoms with van der Waals surface area (Å²) in [6, 6.07) is 9.52. The van der Waals surface area contributed by atoms with Crippen LogP contribution in [0.3, 0.4) is 0 Å². The van der Waals surface area contributed by atoms with Gasteiger partial charge in [-0.2, -0.15) is 16.6 Å². The average molecular weight is 323 g/mol. The monoisotopic (exact) mass is 322 g/mol. The van der Waals surface area contributed by atoms with Gasteiger partial charge in [-0.15, -0.1) is 0 Å². The van der Waals surface area contributed by atoms with Gasteiger partial charge in [0.05, 0.1) is 17.4 Å². The first-order valence-electron chi connectivity index (χ1n) is 5.35. The second-order valence-corrected chi connectivity index (χ2v) is 5.36. The van der Waals surface area contributed by atoms with Crippen LogP contribution in [-0.4, -0.2) is 11.7 Å². The van der Waals surface area contributed by atoms with E-state index >= 15 is 0 Å². The lowest BCUT2D eigenvalue weighted by atomic mass is 10.1. The fourth-order valence-electron chi connectivity index (χ4n) is 1.57. The lowest BCUT2D eigenvalue weighted by Crippen LogP contribution is -2.12. The van der Waals surface area contributed by atoms with Crippen molar-refractivity contribution in [3.05, 3.63) is 50.6 Å². The van der Waals surface area contributed by atoms with Crippen molar-refractivity contribution < 1.29 is 5.11 Å². The van der Waals surface area contributed by atoms with Crippen molar-refractivity contribution >= 4 is 33.0 Å². The summed E-state index contributed by atoms with van der Waals surface area (Å²) in [6.07, 6.45) is -0.568. The zero-order valence-corrected chi connectivity index (χ0v) is 11.8. The molecule has 1 heterocycles. The molecule has 0 spiro atoms. The van der Waals surface area contributed by atoms with Crippen molar-refractivity contribution in [2.75, 3.05) is 11.9 Å². The Kier molecular flexibility index (Phi) is 4.37. The summed E-state index contributed by atoms with van der Waals surface area (Å²) in [7, 11) is 0. The molecule has 1 unspecified atom stereocenters. The van der Waals surface area contributed by atoms with Crippen LogP contribution in [0.2, 0.25) is 0 Å². The molecular formula is C13H11BrN2OS. The largest absolute Gasteiger partial charge is 0.387 e. The van der Waals surface area contributed by atoms with Crippen LogP contribution < -0.4 is 5.32 Å². The number of nitrogens with zero attached hydrogens (tertiary/aromatic N) is 1. The Morgan fingerprint density at radius 2 is 2.28 bits per heavy atom. The summed E-state index contributed by atoms with van der Waals surface area (Å²) in [6.45, 7) is 0.377. The van der Waals surface area contributed by atoms with Crippen molar-refractivity contribution in [3.63, 3.8) is 0 Å². The van der Waals surface area contributed by atoms with E-state index in [-0.39, 0.29) is 0 Å². The van der Waals surface area contributed by atoms with Gasteiger partial charge in [0.1, 0.15) is 6.07 Å². The van der Waals surface area contributed by atoms with E-state index in [2.05, 4.69) is 27.3 Å². The number of aliphatic hydroxyl groups is 1. The van der Waals surface area contributed by atoms with Gasteiger partial charge >= 0.3 is 0 Å². The van der Waals surface area contributed by atoms with Crippen LogP contribution in [-0.2, 0) is 0 Å². The molecule has 0 fully saturated rings. The molecule has 18 heavy (non-hydrogen) atoms. The molecule has 2 aromatic rings. The van der Waals surface area contributed by atoms with Gasteiger partial charge in [0.2, 0.25) is 0 Å².